The lowest BCUT2D eigenvalue weighted by Crippen LogP contribution is -2.46. The molecule has 1 fully saturated rings. The minimum absolute atomic E-state index is 0.138. The normalized spacial score (nSPS) is 24.4. The van der Waals surface area contributed by atoms with Gasteiger partial charge in [0.15, 0.2) is 0 Å². The molecule has 2 unspecified atom stereocenters. The largest absolute Gasteiger partial charge is 0.314 e. The highest BCUT2D eigenvalue weighted by Crippen LogP contribution is 2.19. The van der Waals surface area contributed by atoms with Gasteiger partial charge in [0.05, 0.1) is 0 Å². The Labute approximate surface area is 113 Å². The second kappa shape index (κ2) is 5.56. The molecular weight excluding hydrogens is 267 g/mol. The highest BCUT2D eigenvalue weighted by Gasteiger charge is 2.26. The highest BCUT2D eigenvalue weighted by molar-refractivity contribution is 7.89. The van der Waals surface area contributed by atoms with Crippen LogP contribution >= 0.6 is 0 Å². The van der Waals surface area contributed by atoms with Crippen LogP contribution in [0.3, 0.4) is 0 Å². The van der Waals surface area contributed by atoms with E-state index in [0.717, 1.165) is 13.0 Å². The monoisotopic (exact) mass is 286 g/mol. The van der Waals surface area contributed by atoms with E-state index in [2.05, 4.69) is 10.0 Å². The average molecular weight is 286 g/mol. The van der Waals surface area contributed by atoms with Crippen molar-refractivity contribution in [1.82, 2.24) is 10.0 Å². The number of rotatable bonds is 3. The van der Waals surface area contributed by atoms with E-state index >= 15 is 0 Å². The maximum Gasteiger partial charge on any atom is 0.243 e. The fourth-order valence-corrected chi connectivity index (χ4v) is 3.78. The van der Waals surface area contributed by atoms with Crippen molar-refractivity contribution in [3.8, 4) is 0 Å². The van der Waals surface area contributed by atoms with Crippen molar-refractivity contribution >= 4 is 10.0 Å². The van der Waals surface area contributed by atoms with Crippen molar-refractivity contribution in [2.75, 3.05) is 6.54 Å². The molecule has 0 saturated carbocycles. The summed E-state index contributed by atoms with van der Waals surface area (Å²) >= 11 is 0. The molecule has 4 nitrogen and oxygen atoms in total. The quantitative estimate of drug-likeness (QED) is 0.886. The van der Waals surface area contributed by atoms with Crippen LogP contribution in [0, 0.1) is 12.7 Å². The fraction of sp³-hybridized carbons (Fsp3) is 0.538. The fourth-order valence-electron chi connectivity index (χ4n) is 2.35. The van der Waals surface area contributed by atoms with Gasteiger partial charge in [-0.2, -0.15) is 0 Å². The van der Waals surface area contributed by atoms with Gasteiger partial charge >= 0.3 is 0 Å². The Hall–Kier alpha value is -0.980. The summed E-state index contributed by atoms with van der Waals surface area (Å²) in [5.74, 6) is -0.669. The predicted octanol–water partition coefficient (Wildman–Crippen LogP) is 1.55. The second-order valence-electron chi connectivity index (χ2n) is 5.08. The molecule has 1 aliphatic heterocycles. The number of benzene rings is 1. The third-order valence-electron chi connectivity index (χ3n) is 3.39. The molecule has 6 heteroatoms. The van der Waals surface area contributed by atoms with E-state index in [0.29, 0.717) is 12.0 Å². The lowest BCUT2D eigenvalue weighted by molar-refractivity contribution is 0.361. The Balaban J connectivity index is 2.20. The summed E-state index contributed by atoms with van der Waals surface area (Å²) in [4.78, 5) is -0.265. The Bertz CT molecular complexity index is 560. The number of hydrogen-bond donors (Lipinski definition) is 2. The number of aryl methyl sites for hydroxylation is 1. The van der Waals surface area contributed by atoms with Gasteiger partial charge in [-0.1, -0.05) is 12.1 Å². The number of halogens is 1. The third-order valence-corrected chi connectivity index (χ3v) is 4.93. The smallest absolute Gasteiger partial charge is 0.243 e. The minimum Gasteiger partial charge on any atom is -0.314 e. The molecule has 19 heavy (non-hydrogen) atoms. The zero-order valence-corrected chi connectivity index (χ0v) is 11.9. The molecular formula is C13H19FN2O2S. The molecule has 0 spiro atoms. The maximum atomic E-state index is 13.9. The van der Waals surface area contributed by atoms with E-state index in [1.807, 2.05) is 6.92 Å². The molecule has 1 aromatic rings. The molecule has 1 aliphatic rings. The van der Waals surface area contributed by atoms with Gasteiger partial charge in [0.25, 0.3) is 0 Å². The molecule has 1 heterocycles. The summed E-state index contributed by atoms with van der Waals surface area (Å²) < 4.78 is 40.9. The zero-order valence-electron chi connectivity index (χ0n) is 11.1. The van der Waals surface area contributed by atoms with Crippen LogP contribution in [0.25, 0.3) is 0 Å². The Morgan fingerprint density at radius 2 is 2.16 bits per heavy atom. The van der Waals surface area contributed by atoms with Crippen LogP contribution in [0.15, 0.2) is 23.1 Å². The van der Waals surface area contributed by atoms with E-state index in [-0.39, 0.29) is 17.0 Å². The van der Waals surface area contributed by atoms with E-state index in [1.165, 1.54) is 6.07 Å². The van der Waals surface area contributed by atoms with Crippen LogP contribution in [-0.4, -0.2) is 27.0 Å². The first-order valence-corrected chi connectivity index (χ1v) is 7.89. The molecule has 106 valence electrons. The summed E-state index contributed by atoms with van der Waals surface area (Å²) in [5.41, 5.74) is 0.335. The predicted molar refractivity (Wildman–Crippen MR) is 71.9 cm³/mol. The molecule has 1 aromatic carbocycles. The molecule has 2 N–H and O–H groups in total. The summed E-state index contributed by atoms with van der Waals surface area (Å²) in [5, 5.41) is 3.25. The first-order chi connectivity index (χ1) is 8.90. The summed E-state index contributed by atoms with van der Waals surface area (Å²) in [6.45, 7) is 4.33. The van der Waals surface area contributed by atoms with Gasteiger partial charge in [-0.25, -0.2) is 17.5 Å². The molecule has 0 aromatic heterocycles. The lowest BCUT2D eigenvalue weighted by atomic mass is 10.0. The minimum atomic E-state index is -3.79. The van der Waals surface area contributed by atoms with Crippen LogP contribution in [0.4, 0.5) is 4.39 Å². The van der Waals surface area contributed by atoms with Crippen LogP contribution in [-0.2, 0) is 10.0 Å². The van der Waals surface area contributed by atoms with Crippen molar-refractivity contribution in [3.63, 3.8) is 0 Å². The zero-order chi connectivity index (χ0) is 14.0. The van der Waals surface area contributed by atoms with Crippen molar-refractivity contribution in [3.05, 3.63) is 29.6 Å². The molecule has 0 radical (unpaired) electrons. The molecule has 0 bridgehead atoms. The molecule has 0 aliphatic carbocycles. The van der Waals surface area contributed by atoms with Gasteiger partial charge in [0.1, 0.15) is 10.7 Å². The van der Waals surface area contributed by atoms with Crippen LogP contribution in [0.2, 0.25) is 0 Å². The standard InChI is InChI=1S/C13H19FN2O2S/c1-9-4-3-5-12(13(9)14)19(17,18)16-11-6-7-15-10(2)8-11/h3-5,10-11,15-16H,6-8H2,1-2H3. The van der Waals surface area contributed by atoms with Crippen molar-refractivity contribution in [2.45, 2.75) is 43.7 Å². The van der Waals surface area contributed by atoms with Gasteiger partial charge in [0, 0.05) is 12.1 Å². The summed E-state index contributed by atoms with van der Waals surface area (Å²) in [6.07, 6.45) is 1.43. The van der Waals surface area contributed by atoms with Gasteiger partial charge in [0.2, 0.25) is 10.0 Å². The second-order valence-corrected chi connectivity index (χ2v) is 6.77. The van der Waals surface area contributed by atoms with Gasteiger partial charge in [-0.15, -0.1) is 0 Å². The van der Waals surface area contributed by atoms with Gasteiger partial charge < -0.3 is 5.32 Å². The Morgan fingerprint density at radius 1 is 1.42 bits per heavy atom. The Kier molecular flexibility index (Phi) is 4.23. The average Bonchev–Trinajstić information content (AvgIpc) is 2.32. The topological polar surface area (TPSA) is 58.2 Å². The van der Waals surface area contributed by atoms with E-state index in [1.54, 1.807) is 19.1 Å². The van der Waals surface area contributed by atoms with Gasteiger partial charge in [-0.05, 0) is 44.9 Å². The van der Waals surface area contributed by atoms with E-state index in [9.17, 15) is 12.8 Å². The number of piperidine rings is 1. The number of nitrogens with one attached hydrogen (secondary N) is 2. The van der Waals surface area contributed by atoms with Crippen molar-refractivity contribution in [2.24, 2.45) is 0 Å². The highest BCUT2D eigenvalue weighted by atomic mass is 32.2. The number of hydrogen-bond acceptors (Lipinski definition) is 3. The van der Waals surface area contributed by atoms with Crippen LogP contribution in [0.1, 0.15) is 25.3 Å². The molecule has 1 saturated heterocycles. The van der Waals surface area contributed by atoms with Crippen LogP contribution in [0.5, 0.6) is 0 Å². The Morgan fingerprint density at radius 3 is 2.84 bits per heavy atom. The number of sulfonamides is 1. The van der Waals surface area contributed by atoms with Crippen molar-refractivity contribution in [1.29, 1.82) is 0 Å². The van der Waals surface area contributed by atoms with Gasteiger partial charge in [-0.3, -0.25) is 0 Å². The third kappa shape index (κ3) is 3.32. The molecule has 2 rings (SSSR count). The van der Waals surface area contributed by atoms with E-state index in [4.69, 9.17) is 0 Å². The van der Waals surface area contributed by atoms with Crippen molar-refractivity contribution < 1.29 is 12.8 Å². The van der Waals surface area contributed by atoms with Crippen LogP contribution < -0.4 is 10.0 Å². The first kappa shape index (κ1) is 14.4. The summed E-state index contributed by atoms with van der Waals surface area (Å²) in [6, 6.07) is 4.54. The first-order valence-electron chi connectivity index (χ1n) is 6.41. The maximum absolute atomic E-state index is 13.9. The van der Waals surface area contributed by atoms with E-state index < -0.39 is 15.8 Å². The molecule has 0 amide bonds. The molecule has 2 atom stereocenters. The lowest BCUT2D eigenvalue weighted by Gasteiger charge is -2.28. The summed E-state index contributed by atoms with van der Waals surface area (Å²) in [7, 11) is -3.79. The SMILES string of the molecule is Cc1cccc(S(=O)(=O)NC2CCNC(C)C2)c1F.